The molecule has 1 atom stereocenters. The van der Waals surface area contributed by atoms with E-state index in [9.17, 15) is 4.79 Å². The molecular weight excluding hydrogens is 240 g/mol. The maximum absolute atomic E-state index is 12.2. The number of hydrogen-bond donors (Lipinski definition) is 2. The Kier molecular flexibility index (Phi) is 4.74. The molecule has 2 N–H and O–H groups in total. The molecule has 5 heteroatoms. The molecule has 0 aliphatic carbocycles. The van der Waals surface area contributed by atoms with Crippen molar-refractivity contribution in [1.29, 1.82) is 0 Å². The molecule has 1 fully saturated rings. The van der Waals surface area contributed by atoms with Crippen LogP contribution in [0.15, 0.2) is 18.3 Å². The number of nitrogens with one attached hydrogen (secondary N) is 2. The molecule has 0 aromatic carbocycles. The Morgan fingerprint density at radius 3 is 3.11 bits per heavy atom. The van der Waals surface area contributed by atoms with Crippen LogP contribution in [-0.2, 0) is 0 Å². The zero-order valence-corrected chi connectivity index (χ0v) is 11.6. The van der Waals surface area contributed by atoms with Crippen LogP contribution in [0.3, 0.4) is 0 Å². The first-order chi connectivity index (χ1) is 9.20. The topological polar surface area (TPSA) is 57.3 Å². The average molecular weight is 262 g/mol. The average Bonchev–Trinajstić information content (AvgIpc) is 2.83. The van der Waals surface area contributed by atoms with Crippen LogP contribution in [0.25, 0.3) is 0 Å². The second kappa shape index (κ2) is 6.52. The summed E-state index contributed by atoms with van der Waals surface area (Å²) < 4.78 is 0. The summed E-state index contributed by atoms with van der Waals surface area (Å²) in [5, 5.41) is 6.13. The van der Waals surface area contributed by atoms with Gasteiger partial charge in [-0.3, -0.25) is 4.79 Å². The largest absolute Gasteiger partial charge is 0.370 e. The highest BCUT2D eigenvalue weighted by atomic mass is 16.1. The Morgan fingerprint density at radius 1 is 1.58 bits per heavy atom. The number of pyridine rings is 1. The fraction of sp³-hybridized carbons (Fsp3) is 0.571. The van der Waals surface area contributed by atoms with Crippen LogP contribution in [0, 0.1) is 5.92 Å². The zero-order chi connectivity index (χ0) is 13.7. The number of hydrogen-bond acceptors (Lipinski definition) is 4. The van der Waals surface area contributed by atoms with Crippen molar-refractivity contribution in [3.05, 3.63) is 23.9 Å². The van der Waals surface area contributed by atoms with Gasteiger partial charge in [-0.25, -0.2) is 4.98 Å². The molecule has 104 valence electrons. The predicted molar refractivity (Wildman–Crippen MR) is 76.3 cm³/mol. The second-order valence-corrected chi connectivity index (χ2v) is 5.06. The van der Waals surface area contributed by atoms with E-state index in [0.717, 1.165) is 32.6 Å². The fourth-order valence-corrected chi connectivity index (χ4v) is 2.42. The maximum Gasteiger partial charge on any atom is 0.255 e. The quantitative estimate of drug-likeness (QED) is 0.837. The first-order valence-corrected chi connectivity index (χ1v) is 6.86. The molecule has 5 nitrogen and oxygen atoms in total. The number of amides is 1. The van der Waals surface area contributed by atoms with E-state index in [1.807, 2.05) is 6.92 Å². The van der Waals surface area contributed by atoms with Gasteiger partial charge in [-0.1, -0.05) is 0 Å². The summed E-state index contributed by atoms with van der Waals surface area (Å²) in [6.07, 6.45) is 2.85. The molecule has 19 heavy (non-hydrogen) atoms. The van der Waals surface area contributed by atoms with Gasteiger partial charge in [-0.05, 0) is 45.0 Å². The minimum absolute atomic E-state index is 0.0430. The van der Waals surface area contributed by atoms with E-state index in [4.69, 9.17) is 0 Å². The van der Waals surface area contributed by atoms with E-state index in [-0.39, 0.29) is 5.91 Å². The van der Waals surface area contributed by atoms with Crippen molar-refractivity contribution in [1.82, 2.24) is 15.2 Å². The summed E-state index contributed by atoms with van der Waals surface area (Å²) in [5.41, 5.74) is 0.621. The van der Waals surface area contributed by atoms with Gasteiger partial charge >= 0.3 is 0 Å². The van der Waals surface area contributed by atoms with Gasteiger partial charge in [0, 0.05) is 25.8 Å². The van der Waals surface area contributed by atoms with Crippen LogP contribution >= 0.6 is 0 Å². The highest BCUT2D eigenvalue weighted by Crippen LogP contribution is 2.14. The monoisotopic (exact) mass is 262 g/mol. The van der Waals surface area contributed by atoms with Crippen molar-refractivity contribution in [2.45, 2.75) is 13.3 Å². The number of anilines is 1. The first-order valence-electron chi connectivity index (χ1n) is 6.86. The van der Waals surface area contributed by atoms with Crippen LogP contribution in [0.4, 0.5) is 5.82 Å². The third kappa shape index (κ3) is 3.67. The minimum Gasteiger partial charge on any atom is -0.370 e. The third-order valence-corrected chi connectivity index (χ3v) is 3.44. The Labute approximate surface area is 114 Å². The van der Waals surface area contributed by atoms with E-state index in [2.05, 4.69) is 27.6 Å². The molecule has 0 spiro atoms. The van der Waals surface area contributed by atoms with Gasteiger partial charge in [-0.15, -0.1) is 0 Å². The van der Waals surface area contributed by atoms with Gasteiger partial charge in [0.25, 0.3) is 5.91 Å². The fourth-order valence-electron chi connectivity index (χ4n) is 2.42. The van der Waals surface area contributed by atoms with E-state index in [0.29, 0.717) is 17.3 Å². The van der Waals surface area contributed by atoms with Gasteiger partial charge < -0.3 is 15.5 Å². The highest BCUT2D eigenvalue weighted by Gasteiger charge is 2.20. The summed E-state index contributed by atoms with van der Waals surface area (Å²) in [4.78, 5) is 18.7. The number of carbonyl (C=O) groups excluding carboxylic acids is 1. The van der Waals surface area contributed by atoms with Crippen LogP contribution in [-0.4, -0.2) is 49.0 Å². The predicted octanol–water partition coefficient (Wildman–Crippen LogP) is 1.19. The van der Waals surface area contributed by atoms with Crippen molar-refractivity contribution in [2.75, 3.05) is 38.5 Å². The summed E-state index contributed by atoms with van der Waals surface area (Å²) >= 11 is 0. The summed E-state index contributed by atoms with van der Waals surface area (Å²) in [5.74, 6) is 1.18. The number of rotatable bonds is 5. The molecule has 1 aliphatic heterocycles. The molecule has 1 aliphatic rings. The van der Waals surface area contributed by atoms with Gasteiger partial charge in [0.1, 0.15) is 5.82 Å². The van der Waals surface area contributed by atoms with Crippen molar-refractivity contribution in [3.8, 4) is 0 Å². The lowest BCUT2D eigenvalue weighted by Gasteiger charge is -2.13. The molecule has 1 aromatic rings. The lowest BCUT2D eigenvalue weighted by atomic mass is 10.1. The molecule has 0 saturated carbocycles. The van der Waals surface area contributed by atoms with Gasteiger partial charge in [0.2, 0.25) is 0 Å². The Bertz CT molecular complexity index is 435. The number of carbonyl (C=O) groups is 1. The van der Waals surface area contributed by atoms with Crippen LogP contribution in [0.1, 0.15) is 23.7 Å². The lowest BCUT2D eigenvalue weighted by Crippen LogP contribution is -2.31. The molecule has 1 unspecified atom stereocenters. The normalized spacial score (nSPS) is 19.4. The van der Waals surface area contributed by atoms with Crippen molar-refractivity contribution < 1.29 is 4.79 Å². The number of likely N-dealkylation sites (tertiary alicyclic amines) is 1. The Morgan fingerprint density at radius 2 is 2.42 bits per heavy atom. The molecule has 2 heterocycles. The van der Waals surface area contributed by atoms with Gasteiger partial charge in [0.15, 0.2) is 0 Å². The second-order valence-electron chi connectivity index (χ2n) is 5.06. The standard InChI is InChI=1S/C14H22N4O/c1-3-15-13-12(5-4-7-16-13)14(19)17-9-11-6-8-18(2)10-11/h4-5,7,11H,3,6,8-10H2,1-2H3,(H,15,16)(H,17,19). The van der Waals surface area contributed by atoms with Crippen LogP contribution in [0.5, 0.6) is 0 Å². The molecule has 2 rings (SSSR count). The van der Waals surface area contributed by atoms with Crippen molar-refractivity contribution >= 4 is 11.7 Å². The first kappa shape index (κ1) is 13.8. The summed E-state index contributed by atoms with van der Waals surface area (Å²) in [6.45, 7) is 5.67. The van der Waals surface area contributed by atoms with Crippen molar-refractivity contribution in [2.24, 2.45) is 5.92 Å². The maximum atomic E-state index is 12.2. The highest BCUT2D eigenvalue weighted by molar-refractivity contribution is 5.98. The number of aromatic nitrogens is 1. The molecule has 0 radical (unpaired) electrons. The van der Waals surface area contributed by atoms with Crippen molar-refractivity contribution in [3.63, 3.8) is 0 Å². The minimum atomic E-state index is -0.0430. The smallest absolute Gasteiger partial charge is 0.255 e. The zero-order valence-electron chi connectivity index (χ0n) is 11.6. The third-order valence-electron chi connectivity index (χ3n) is 3.44. The molecular formula is C14H22N4O. The molecule has 1 aromatic heterocycles. The van der Waals surface area contributed by atoms with Crippen LogP contribution < -0.4 is 10.6 Å². The molecule has 1 amide bonds. The van der Waals surface area contributed by atoms with Gasteiger partial charge in [-0.2, -0.15) is 0 Å². The summed E-state index contributed by atoms with van der Waals surface area (Å²) in [6, 6.07) is 3.60. The van der Waals surface area contributed by atoms with Gasteiger partial charge in [0.05, 0.1) is 5.56 Å². The van der Waals surface area contributed by atoms with E-state index < -0.39 is 0 Å². The van der Waals surface area contributed by atoms with E-state index in [1.54, 1.807) is 18.3 Å². The Balaban J connectivity index is 1.92. The van der Waals surface area contributed by atoms with E-state index >= 15 is 0 Å². The SMILES string of the molecule is CCNc1ncccc1C(=O)NCC1CCN(C)C1. The summed E-state index contributed by atoms with van der Waals surface area (Å²) in [7, 11) is 2.12. The Hall–Kier alpha value is -1.62. The van der Waals surface area contributed by atoms with E-state index in [1.165, 1.54) is 0 Å². The lowest BCUT2D eigenvalue weighted by molar-refractivity contribution is 0.0948. The molecule has 1 saturated heterocycles. The number of nitrogens with zero attached hydrogens (tertiary/aromatic N) is 2. The molecule has 0 bridgehead atoms. The van der Waals surface area contributed by atoms with Crippen LogP contribution in [0.2, 0.25) is 0 Å².